The van der Waals surface area contributed by atoms with Crippen LogP contribution in [0.3, 0.4) is 0 Å². The van der Waals surface area contributed by atoms with Gasteiger partial charge in [-0.25, -0.2) is 0 Å². The van der Waals surface area contributed by atoms with Gasteiger partial charge in [0.2, 0.25) is 0 Å². The third-order valence-electron chi connectivity index (χ3n) is 3.60. The van der Waals surface area contributed by atoms with E-state index in [1.54, 1.807) is 12.1 Å². The molecule has 1 amide bonds. The molecule has 0 aliphatic heterocycles. The van der Waals surface area contributed by atoms with Crippen molar-refractivity contribution >= 4 is 5.91 Å². The van der Waals surface area contributed by atoms with Gasteiger partial charge in [-0.15, -0.1) is 0 Å². The Bertz CT molecular complexity index is 659. The van der Waals surface area contributed by atoms with Crippen molar-refractivity contribution in [2.75, 3.05) is 0 Å². The lowest BCUT2D eigenvalue weighted by Gasteiger charge is -2.18. The Hall–Kier alpha value is -2.36. The Morgan fingerprint density at radius 3 is 2.55 bits per heavy atom. The highest BCUT2D eigenvalue weighted by Gasteiger charge is 2.33. The van der Waals surface area contributed by atoms with Crippen molar-refractivity contribution in [1.29, 1.82) is 0 Å². The summed E-state index contributed by atoms with van der Waals surface area (Å²) >= 11 is 0. The number of rotatable bonds is 4. The molecule has 1 aliphatic rings. The van der Waals surface area contributed by atoms with Crippen molar-refractivity contribution in [3.05, 3.63) is 70.1 Å². The summed E-state index contributed by atoms with van der Waals surface area (Å²) < 4.78 is 0. The number of benzene rings is 1. The summed E-state index contributed by atoms with van der Waals surface area (Å²) in [5.41, 5.74) is 0.900. The molecule has 102 valence electrons. The minimum atomic E-state index is -0.354. The Balaban J connectivity index is 1.83. The number of hydrogen-bond acceptors (Lipinski definition) is 2. The monoisotopic (exact) mass is 268 g/mol. The number of aromatic nitrogens is 1. The van der Waals surface area contributed by atoms with E-state index >= 15 is 0 Å². The molecule has 2 N–H and O–H groups in total. The third kappa shape index (κ3) is 2.64. The van der Waals surface area contributed by atoms with Crippen molar-refractivity contribution in [3.63, 3.8) is 0 Å². The lowest BCUT2D eigenvalue weighted by atomic mass is 10.0. The molecule has 1 aliphatic carbocycles. The predicted molar refractivity (Wildman–Crippen MR) is 76.4 cm³/mol. The van der Waals surface area contributed by atoms with Gasteiger partial charge in [0, 0.05) is 6.20 Å². The molecule has 0 spiro atoms. The number of carbonyl (C=O) groups excluding carboxylic acids is 1. The highest BCUT2D eigenvalue weighted by atomic mass is 16.2. The zero-order valence-electron chi connectivity index (χ0n) is 11.0. The fourth-order valence-electron chi connectivity index (χ4n) is 2.38. The number of H-pyrrole nitrogens is 1. The number of hydrogen-bond donors (Lipinski definition) is 2. The molecule has 0 bridgehead atoms. The fraction of sp³-hybridized carbons (Fsp3) is 0.250. The second-order valence-corrected chi connectivity index (χ2v) is 5.11. The molecular formula is C16H16N2O2. The average Bonchev–Trinajstić information content (AvgIpc) is 3.30. The Labute approximate surface area is 116 Å². The highest BCUT2D eigenvalue weighted by Crippen LogP contribution is 2.40. The van der Waals surface area contributed by atoms with Gasteiger partial charge < -0.3 is 10.3 Å². The van der Waals surface area contributed by atoms with Gasteiger partial charge in [0.15, 0.2) is 0 Å². The minimum absolute atomic E-state index is 0.0108. The molecule has 4 nitrogen and oxygen atoms in total. The van der Waals surface area contributed by atoms with Gasteiger partial charge in [-0.3, -0.25) is 9.59 Å². The Kier molecular flexibility index (Phi) is 3.37. The van der Waals surface area contributed by atoms with Gasteiger partial charge in [-0.1, -0.05) is 30.3 Å². The molecule has 0 unspecified atom stereocenters. The van der Waals surface area contributed by atoms with E-state index in [1.807, 2.05) is 30.3 Å². The Morgan fingerprint density at radius 2 is 1.90 bits per heavy atom. The van der Waals surface area contributed by atoms with E-state index in [4.69, 9.17) is 0 Å². The maximum Gasteiger partial charge on any atom is 0.260 e. The fourth-order valence-corrected chi connectivity index (χ4v) is 2.38. The number of pyridine rings is 1. The van der Waals surface area contributed by atoms with Crippen LogP contribution < -0.4 is 10.9 Å². The molecule has 1 saturated carbocycles. The second kappa shape index (κ2) is 5.33. The van der Waals surface area contributed by atoms with Crippen LogP contribution in [0.5, 0.6) is 0 Å². The first-order valence-corrected chi connectivity index (χ1v) is 6.79. The van der Waals surface area contributed by atoms with E-state index in [0.29, 0.717) is 5.92 Å². The van der Waals surface area contributed by atoms with E-state index in [1.165, 1.54) is 6.20 Å². The first kappa shape index (κ1) is 12.7. The van der Waals surface area contributed by atoms with Crippen LogP contribution >= 0.6 is 0 Å². The van der Waals surface area contributed by atoms with Gasteiger partial charge in [-0.05, 0) is 36.5 Å². The van der Waals surface area contributed by atoms with E-state index in [0.717, 1.165) is 18.4 Å². The summed E-state index contributed by atoms with van der Waals surface area (Å²) in [6.07, 6.45) is 3.75. The van der Waals surface area contributed by atoms with Crippen molar-refractivity contribution < 1.29 is 4.79 Å². The molecule has 1 aromatic heterocycles. The predicted octanol–water partition coefficient (Wildman–Crippen LogP) is 2.26. The van der Waals surface area contributed by atoms with Crippen LogP contribution in [0.2, 0.25) is 0 Å². The number of aromatic amines is 1. The Morgan fingerprint density at radius 1 is 1.15 bits per heavy atom. The maximum absolute atomic E-state index is 12.3. The van der Waals surface area contributed by atoms with E-state index in [2.05, 4.69) is 10.3 Å². The van der Waals surface area contributed by atoms with Crippen molar-refractivity contribution in [2.24, 2.45) is 5.92 Å². The summed E-state index contributed by atoms with van der Waals surface area (Å²) in [6.45, 7) is 0. The molecule has 1 aromatic carbocycles. The standard InChI is InChI=1S/C16H16N2O2/c19-15-13(7-4-10-17-15)16(20)18-14(12-8-9-12)11-5-2-1-3-6-11/h1-7,10,12,14H,8-9H2,(H,17,19)(H,18,20)/t14-/m0/s1. The molecular weight excluding hydrogens is 252 g/mol. The summed E-state index contributed by atoms with van der Waals surface area (Å²) in [5.74, 6) is 0.164. The van der Waals surface area contributed by atoms with Crippen LogP contribution in [0, 0.1) is 5.92 Å². The summed E-state index contributed by atoms with van der Waals surface area (Å²) in [6, 6.07) is 13.1. The van der Waals surface area contributed by atoms with Gasteiger partial charge in [-0.2, -0.15) is 0 Å². The molecule has 2 aromatic rings. The second-order valence-electron chi connectivity index (χ2n) is 5.11. The van der Waals surface area contributed by atoms with Crippen LogP contribution in [0.25, 0.3) is 0 Å². The normalized spacial score (nSPS) is 15.6. The lowest BCUT2D eigenvalue weighted by Crippen LogP contribution is -2.33. The summed E-state index contributed by atoms with van der Waals surface area (Å²) in [4.78, 5) is 26.4. The molecule has 1 fully saturated rings. The molecule has 20 heavy (non-hydrogen) atoms. The minimum Gasteiger partial charge on any atom is -0.345 e. The van der Waals surface area contributed by atoms with Crippen LogP contribution in [-0.2, 0) is 0 Å². The lowest BCUT2D eigenvalue weighted by molar-refractivity contribution is 0.0930. The topological polar surface area (TPSA) is 62.0 Å². The smallest absolute Gasteiger partial charge is 0.260 e. The zero-order valence-corrected chi connectivity index (χ0v) is 11.0. The van der Waals surface area contributed by atoms with Gasteiger partial charge in [0.1, 0.15) is 5.56 Å². The molecule has 0 radical (unpaired) electrons. The van der Waals surface area contributed by atoms with Crippen LogP contribution in [0.1, 0.15) is 34.8 Å². The average molecular weight is 268 g/mol. The van der Waals surface area contributed by atoms with Crippen molar-refractivity contribution in [1.82, 2.24) is 10.3 Å². The first-order valence-electron chi connectivity index (χ1n) is 6.79. The largest absolute Gasteiger partial charge is 0.345 e. The van der Waals surface area contributed by atoms with Gasteiger partial charge in [0.05, 0.1) is 6.04 Å². The molecule has 1 atom stereocenters. The summed E-state index contributed by atoms with van der Waals surface area (Å²) in [5, 5.41) is 2.99. The quantitative estimate of drug-likeness (QED) is 0.893. The van der Waals surface area contributed by atoms with E-state index in [9.17, 15) is 9.59 Å². The number of amides is 1. The molecule has 1 heterocycles. The number of nitrogens with one attached hydrogen (secondary N) is 2. The summed E-state index contributed by atoms with van der Waals surface area (Å²) in [7, 11) is 0. The first-order chi connectivity index (χ1) is 9.75. The highest BCUT2D eigenvalue weighted by molar-refractivity contribution is 5.94. The van der Waals surface area contributed by atoms with Crippen molar-refractivity contribution in [3.8, 4) is 0 Å². The van der Waals surface area contributed by atoms with Gasteiger partial charge >= 0.3 is 0 Å². The zero-order chi connectivity index (χ0) is 13.9. The molecule has 0 saturated heterocycles. The SMILES string of the molecule is O=C(N[C@@H](c1ccccc1)C1CC1)c1ccc[nH]c1=O. The third-order valence-corrected chi connectivity index (χ3v) is 3.60. The molecule has 4 heteroatoms. The number of carbonyl (C=O) groups is 1. The van der Waals surface area contributed by atoms with Crippen LogP contribution in [0.4, 0.5) is 0 Å². The van der Waals surface area contributed by atoms with E-state index in [-0.39, 0.29) is 23.1 Å². The van der Waals surface area contributed by atoms with Gasteiger partial charge in [0.25, 0.3) is 11.5 Å². The van der Waals surface area contributed by atoms with E-state index < -0.39 is 0 Å². The molecule has 3 rings (SSSR count). The van der Waals surface area contributed by atoms with Crippen LogP contribution in [-0.4, -0.2) is 10.9 Å². The maximum atomic E-state index is 12.3. The van der Waals surface area contributed by atoms with Crippen molar-refractivity contribution in [2.45, 2.75) is 18.9 Å². The van der Waals surface area contributed by atoms with Crippen LogP contribution in [0.15, 0.2) is 53.5 Å².